The van der Waals surface area contributed by atoms with Crippen molar-refractivity contribution < 1.29 is 14.7 Å². The SMILES string of the molecule is C[C@H](C(=O)N1CC2[C@@H](C1C(=O)O)C2(C)C)C1CCCCC1. The summed E-state index contributed by atoms with van der Waals surface area (Å²) in [6.07, 6.45) is 5.94. The van der Waals surface area contributed by atoms with Gasteiger partial charge in [-0.05, 0) is 30.1 Å². The molecule has 4 heteroatoms. The molecule has 1 heterocycles. The van der Waals surface area contributed by atoms with Gasteiger partial charge in [0.2, 0.25) is 5.91 Å². The zero-order valence-electron chi connectivity index (χ0n) is 13.3. The summed E-state index contributed by atoms with van der Waals surface area (Å²) in [5.74, 6) is 0.214. The van der Waals surface area contributed by atoms with Gasteiger partial charge < -0.3 is 10.0 Å². The van der Waals surface area contributed by atoms with E-state index >= 15 is 0 Å². The van der Waals surface area contributed by atoms with Crippen molar-refractivity contribution in [3.05, 3.63) is 0 Å². The van der Waals surface area contributed by atoms with Crippen LogP contribution in [0.3, 0.4) is 0 Å². The Bertz CT molecular complexity index is 453. The van der Waals surface area contributed by atoms with Crippen LogP contribution in [0.1, 0.15) is 52.9 Å². The van der Waals surface area contributed by atoms with Crippen LogP contribution >= 0.6 is 0 Å². The molecule has 3 fully saturated rings. The topological polar surface area (TPSA) is 57.6 Å². The fourth-order valence-corrected chi connectivity index (χ4v) is 4.89. The number of piperidine rings is 1. The molecule has 4 atom stereocenters. The molecule has 1 N–H and O–H groups in total. The Labute approximate surface area is 126 Å². The summed E-state index contributed by atoms with van der Waals surface area (Å²) in [5, 5.41) is 9.56. The van der Waals surface area contributed by atoms with E-state index in [1.54, 1.807) is 4.90 Å². The smallest absolute Gasteiger partial charge is 0.326 e. The third kappa shape index (κ3) is 2.27. The van der Waals surface area contributed by atoms with E-state index in [0.717, 1.165) is 12.8 Å². The fraction of sp³-hybridized carbons (Fsp3) is 0.882. The van der Waals surface area contributed by atoms with E-state index in [1.807, 2.05) is 6.92 Å². The van der Waals surface area contributed by atoms with Gasteiger partial charge in [0.1, 0.15) is 6.04 Å². The van der Waals surface area contributed by atoms with E-state index in [-0.39, 0.29) is 23.2 Å². The van der Waals surface area contributed by atoms with Gasteiger partial charge in [0.05, 0.1) is 0 Å². The van der Waals surface area contributed by atoms with E-state index < -0.39 is 12.0 Å². The van der Waals surface area contributed by atoms with Gasteiger partial charge >= 0.3 is 5.97 Å². The van der Waals surface area contributed by atoms with Gasteiger partial charge in [0.15, 0.2) is 0 Å². The number of hydrogen-bond acceptors (Lipinski definition) is 2. The van der Waals surface area contributed by atoms with E-state index in [1.165, 1.54) is 19.3 Å². The van der Waals surface area contributed by atoms with Gasteiger partial charge in [0, 0.05) is 18.4 Å². The molecule has 0 aromatic heterocycles. The maximum atomic E-state index is 12.8. The van der Waals surface area contributed by atoms with Crippen LogP contribution in [-0.2, 0) is 9.59 Å². The molecule has 2 aliphatic carbocycles. The van der Waals surface area contributed by atoms with Crippen LogP contribution in [-0.4, -0.2) is 34.5 Å². The number of hydrogen-bond donors (Lipinski definition) is 1. The number of carboxylic acids is 1. The zero-order valence-corrected chi connectivity index (χ0v) is 13.3. The quantitative estimate of drug-likeness (QED) is 0.870. The number of rotatable bonds is 3. The molecule has 3 rings (SSSR count). The van der Waals surface area contributed by atoms with Crippen LogP contribution in [0.5, 0.6) is 0 Å². The summed E-state index contributed by atoms with van der Waals surface area (Å²) < 4.78 is 0. The van der Waals surface area contributed by atoms with E-state index in [9.17, 15) is 14.7 Å². The van der Waals surface area contributed by atoms with Crippen molar-refractivity contribution in [1.29, 1.82) is 0 Å². The van der Waals surface area contributed by atoms with Crippen LogP contribution in [0.25, 0.3) is 0 Å². The minimum atomic E-state index is -0.822. The number of carbonyl (C=O) groups excluding carboxylic acids is 1. The van der Waals surface area contributed by atoms with Gasteiger partial charge in [-0.2, -0.15) is 0 Å². The maximum Gasteiger partial charge on any atom is 0.326 e. The minimum Gasteiger partial charge on any atom is -0.480 e. The van der Waals surface area contributed by atoms with Crippen molar-refractivity contribution in [2.75, 3.05) is 6.54 Å². The first kappa shape index (κ1) is 14.9. The lowest BCUT2D eigenvalue weighted by molar-refractivity contribution is -0.152. The summed E-state index contributed by atoms with van der Waals surface area (Å²) in [4.78, 5) is 26.1. The monoisotopic (exact) mass is 293 g/mol. The number of aliphatic carboxylic acids is 1. The van der Waals surface area contributed by atoms with Crippen molar-refractivity contribution in [2.24, 2.45) is 29.1 Å². The van der Waals surface area contributed by atoms with Gasteiger partial charge in [-0.15, -0.1) is 0 Å². The third-order valence-electron chi connectivity index (χ3n) is 6.49. The number of carboxylic acid groups (broad SMARTS) is 1. The van der Waals surface area contributed by atoms with Crippen LogP contribution in [0, 0.1) is 29.1 Å². The van der Waals surface area contributed by atoms with Crippen molar-refractivity contribution in [3.8, 4) is 0 Å². The summed E-state index contributed by atoms with van der Waals surface area (Å²) in [5.41, 5.74) is 0.0912. The molecule has 3 aliphatic rings. The average molecular weight is 293 g/mol. The predicted octanol–water partition coefficient (Wildman–Crippen LogP) is 2.77. The second kappa shape index (κ2) is 4.99. The Balaban J connectivity index is 1.71. The highest BCUT2D eigenvalue weighted by Gasteiger charge is 2.69. The second-order valence-electron chi connectivity index (χ2n) is 7.91. The summed E-state index contributed by atoms with van der Waals surface area (Å²) in [6.45, 7) is 6.91. The first-order valence-corrected chi connectivity index (χ1v) is 8.39. The first-order valence-electron chi connectivity index (χ1n) is 8.39. The molecule has 0 spiro atoms. The van der Waals surface area contributed by atoms with Crippen LogP contribution in [0.4, 0.5) is 0 Å². The van der Waals surface area contributed by atoms with Crippen molar-refractivity contribution in [1.82, 2.24) is 4.90 Å². The number of likely N-dealkylation sites (tertiary alicyclic amines) is 1. The van der Waals surface area contributed by atoms with Gasteiger partial charge in [-0.25, -0.2) is 4.79 Å². The zero-order chi connectivity index (χ0) is 15.4. The number of carbonyl (C=O) groups is 2. The molecule has 0 aromatic carbocycles. The van der Waals surface area contributed by atoms with Crippen molar-refractivity contribution >= 4 is 11.9 Å². The standard InChI is InChI=1S/C17H27NO3/c1-10(11-7-5-4-6-8-11)15(19)18-9-12-13(17(12,2)3)14(18)16(20)21/h10-14H,4-9H2,1-3H3,(H,20,21)/t10-,12?,13-,14?/m0/s1. The molecule has 1 amide bonds. The number of amides is 1. The van der Waals surface area contributed by atoms with Gasteiger partial charge in [0.25, 0.3) is 0 Å². The Hall–Kier alpha value is -1.06. The Morgan fingerprint density at radius 1 is 1.19 bits per heavy atom. The van der Waals surface area contributed by atoms with E-state index in [0.29, 0.717) is 18.4 Å². The maximum absolute atomic E-state index is 12.8. The lowest BCUT2D eigenvalue weighted by atomic mass is 9.80. The van der Waals surface area contributed by atoms with E-state index in [2.05, 4.69) is 13.8 Å². The largest absolute Gasteiger partial charge is 0.480 e. The molecule has 118 valence electrons. The highest BCUT2D eigenvalue weighted by molar-refractivity contribution is 5.87. The normalized spacial score (nSPS) is 36.1. The van der Waals surface area contributed by atoms with Gasteiger partial charge in [-0.3, -0.25) is 4.79 Å². The van der Waals surface area contributed by atoms with E-state index in [4.69, 9.17) is 0 Å². The number of fused-ring (bicyclic) bond motifs is 1. The third-order valence-corrected chi connectivity index (χ3v) is 6.49. The summed E-state index contributed by atoms with van der Waals surface area (Å²) in [6, 6.07) is -0.594. The summed E-state index contributed by atoms with van der Waals surface area (Å²) >= 11 is 0. The highest BCUT2D eigenvalue weighted by Crippen LogP contribution is 2.65. The Kier molecular flexibility index (Phi) is 3.53. The molecule has 4 nitrogen and oxygen atoms in total. The predicted molar refractivity (Wildman–Crippen MR) is 79.6 cm³/mol. The van der Waals surface area contributed by atoms with Crippen molar-refractivity contribution in [3.63, 3.8) is 0 Å². The first-order chi connectivity index (χ1) is 9.85. The summed E-state index contributed by atoms with van der Waals surface area (Å²) in [7, 11) is 0. The second-order valence-corrected chi connectivity index (χ2v) is 7.91. The molecule has 0 bridgehead atoms. The average Bonchev–Trinajstić information content (AvgIpc) is 2.85. The molecule has 0 radical (unpaired) electrons. The molecule has 1 saturated heterocycles. The Morgan fingerprint density at radius 3 is 2.38 bits per heavy atom. The van der Waals surface area contributed by atoms with Gasteiger partial charge in [-0.1, -0.05) is 40.0 Å². The molecule has 21 heavy (non-hydrogen) atoms. The lowest BCUT2D eigenvalue weighted by Gasteiger charge is -2.34. The molecular formula is C17H27NO3. The van der Waals surface area contributed by atoms with Crippen LogP contribution in [0.2, 0.25) is 0 Å². The fourth-order valence-electron chi connectivity index (χ4n) is 4.89. The molecule has 0 aromatic rings. The Morgan fingerprint density at radius 2 is 1.81 bits per heavy atom. The van der Waals surface area contributed by atoms with Crippen molar-refractivity contribution in [2.45, 2.75) is 58.9 Å². The minimum absolute atomic E-state index is 0.0206. The van der Waals surface area contributed by atoms with Crippen LogP contribution < -0.4 is 0 Å². The number of nitrogens with zero attached hydrogens (tertiary/aromatic N) is 1. The molecular weight excluding hydrogens is 266 g/mol. The molecule has 2 saturated carbocycles. The molecule has 1 aliphatic heterocycles. The highest BCUT2D eigenvalue weighted by atomic mass is 16.4. The lowest BCUT2D eigenvalue weighted by Crippen LogP contribution is -2.48. The van der Waals surface area contributed by atoms with Crippen LogP contribution in [0.15, 0.2) is 0 Å². The molecule has 2 unspecified atom stereocenters.